The first kappa shape index (κ1) is 22.3. The Hall–Kier alpha value is -3.48. The average molecular weight is 496 g/mol. The van der Waals surface area contributed by atoms with Gasteiger partial charge in [0.05, 0.1) is 11.6 Å². The maximum absolute atomic E-state index is 13.3. The molecular formula is C26H19Cl2NO5. The van der Waals surface area contributed by atoms with Crippen molar-refractivity contribution in [3.63, 3.8) is 0 Å². The highest BCUT2D eigenvalue weighted by Gasteiger charge is 2.47. The summed E-state index contributed by atoms with van der Waals surface area (Å²) in [5.41, 5.74) is 1.93. The Morgan fingerprint density at radius 3 is 2.47 bits per heavy atom. The number of rotatable bonds is 3. The minimum absolute atomic E-state index is 0.0119. The molecule has 1 fully saturated rings. The van der Waals surface area contributed by atoms with Crippen LogP contribution in [0.25, 0.3) is 5.76 Å². The average Bonchev–Trinajstić information content (AvgIpc) is 3.28. The van der Waals surface area contributed by atoms with Gasteiger partial charge in [0, 0.05) is 27.7 Å². The quantitative estimate of drug-likeness (QED) is 0.278. The molecule has 0 aromatic heterocycles. The molecule has 0 bridgehead atoms. The van der Waals surface area contributed by atoms with Crippen molar-refractivity contribution >= 4 is 46.3 Å². The van der Waals surface area contributed by atoms with E-state index in [1.165, 1.54) is 35.2 Å². The molecule has 1 amide bonds. The number of phenols is 1. The van der Waals surface area contributed by atoms with Gasteiger partial charge in [-0.1, -0.05) is 35.3 Å². The molecule has 3 aromatic rings. The highest BCUT2D eigenvalue weighted by molar-refractivity contribution is 6.52. The molecule has 6 nitrogen and oxygen atoms in total. The summed E-state index contributed by atoms with van der Waals surface area (Å²) in [6.07, 6.45) is 0.680. The number of aliphatic hydroxyl groups is 1. The number of carbonyl (C=O) groups is 2. The van der Waals surface area contributed by atoms with Gasteiger partial charge in [-0.25, -0.2) is 0 Å². The number of ether oxygens (including phenoxy) is 1. The molecule has 2 heterocycles. The number of phenolic OH excluding ortho intramolecular Hbond substituents is 1. The Labute approximate surface area is 205 Å². The molecule has 2 unspecified atom stereocenters. The first-order valence-electron chi connectivity index (χ1n) is 10.6. The predicted molar refractivity (Wildman–Crippen MR) is 130 cm³/mol. The summed E-state index contributed by atoms with van der Waals surface area (Å²) >= 11 is 12.3. The zero-order chi connectivity index (χ0) is 24.1. The smallest absolute Gasteiger partial charge is 0.300 e. The lowest BCUT2D eigenvalue weighted by Gasteiger charge is -2.26. The van der Waals surface area contributed by atoms with Crippen LogP contribution in [0.4, 0.5) is 5.69 Å². The topological polar surface area (TPSA) is 87.1 Å². The second-order valence-electron chi connectivity index (χ2n) is 8.35. The summed E-state index contributed by atoms with van der Waals surface area (Å²) in [6, 6.07) is 14.9. The van der Waals surface area contributed by atoms with Crippen LogP contribution in [0.5, 0.6) is 11.5 Å². The molecule has 2 N–H and O–H groups in total. The molecular weight excluding hydrogens is 477 g/mol. The number of hydrogen-bond acceptors (Lipinski definition) is 5. The van der Waals surface area contributed by atoms with Crippen molar-refractivity contribution in [1.29, 1.82) is 0 Å². The van der Waals surface area contributed by atoms with Crippen LogP contribution in [-0.4, -0.2) is 28.0 Å². The van der Waals surface area contributed by atoms with Crippen LogP contribution in [-0.2, 0) is 16.0 Å². The fourth-order valence-electron chi connectivity index (χ4n) is 4.51. The van der Waals surface area contributed by atoms with Gasteiger partial charge >= 0.3 is 0 Å². The molecule has 2 aliphatic rings. The summed E-state index contributed by atoms with van der Waals surface area (Å²) in [4.78, 5) is 27.7. The van der Waals surface area contributed by atoms with Gasteiger partial charge in [-0.05, 0) is 66.6 Å². The van der Waals surface area contributed by atoms with Crippen LogP contribution in [0.2, 0.25) is 10.0 Å². The van der Waals surface area contributed by atoms with E-state index < -0.39 is 17.7 Å². The van der Waals surface area contributed by atoms with Crippen molar-refractivity contribution in [2.45, 2.75) is 25.5 Å². The van der Waals surface area contributed by atoms with Gasteiger partial charge in [-0.15, -0.1) is 0 Å². The third kappa shape index (κ3) is 3.79. The third-order valence-corrected chi connectivity index (χ3v) is 6.36. The van der Waals surface area contributed by atoms with E-state index in [1.807, 2.05) is 6.92 Å². The molecule has 172 valence electrons. The predicted octanol–water partition coefficient (Wildman–Crippen LogP) is 5.65. The number of benzene rings is 3. The Kier molecular flexibility index (Phi) is 5.50. The highest BCUT2D eigenvalue weighted by atomic mass is 35.5. The van der Waals surface area contributed by atoms with E-state index in [1.54, 1.807) is 30.3 Å². The minimum atomic E-state index is -1.01. The van der Waals surface area contributed by atoms with Crippen molar-refractivity contribution < 1.29 is 24.5 Å². The van der Waals surface area contributed by atoms with Crippen LogP contribution in [0.1, 0.15) is 29.7 Å². The van der Waals surface area contributed by atoms with Crippen LogP contribution in [0, 0.1) is 0 Å². The zero-order valence-electron chi connectivity index (χ0n) is 18.0. The third-order valence-electron chi connectivity index (χ3n) is 5.93. The number of amides is 1. The molecule has 0 aliphatic carbocycles. The van der Waals surface area contributed by atoms with Crippen molar-refractivity contribution in [3.05, 3.63) is 93.0 Å². The largest absolute Gasteiger partial charge is 0.508 e. The number of nitrogens with zero attached hydrogens (tertiary/aromatic N) is 1. The molecule has 1 saturated heterocycles. The molecule has 8 heteroatoms. The lowest BCUT2D eigenvalue weighted by atomic mass is 9.94. The zero-order valence-corrected chi connectivity index (χ0v) is 19.5. The monoisotopic (exact) mass is 495 g/mol. The van der Waals surface area contributed by atoms with Gasteiger partial charge in [-0.3, -0.25) is 14.5 Å². The maximum atomic E-state index is 13.3. The molecule has 2 atom stereocenters. The first-order chi connectivity index (χ1) is 16.2. The number of anilines is 1. The second-order valence-corrected chi connectivity index (χ2v) is 9.22. The van der Waals surface area contributed by atoms with Gasteiger partial charge in [0.25, 0.3) is 11.7 Å². The number of aliphatic hydroxyl groups excluding tert-OH is 1. The van der Waals surface area contributed by atoms with Gasteiger partial charge in [0.2, 0.25) is 0 Å². The lowest BCUT2D eigenvalue weighted by Crippen LogP contribution is -2.29. The number of hydrogen-bond donors (Lipinski definition) is 2. The summed E-state index contributed by atoms with van der Waals surface area (Å²) in [6.45, 7) is 1.95. The van der Waals surface area contributed by atoms with E-state index in [4.69, 9.17) is 27.9 Å². The summed E-state index contributed by atoms with van der Waals surface area (Å²) in [7, 11) is 0. The fraction of sp³-hybridized carbons (Fsp3) is 0.154. The Morgan fingerprint density at radius 2 is 1.76 bits per heavy atom. The van der Waals surface area contributed by atoms with E-state index in [2.05, 4.69) is 0 Å². The van der Waals surface area contributed by atoms with Gasteiger partial charge in [0.1, 0.15) is 23.4 Å². The van der Waals surface area contributed by atoms with Crippen LogP contribution < -0.4 is 9.64 Å². The summed E-state index contributed by atoms with van der Waals surface area (Å²) < 4.78 is 5.73. The minimum Gasteiger partial charge on any atom is -0.508 e. The van der Waals surface area contributed by atoms with E-state index in [0.29, 0.717) is 23.2 Å². The number of carbonyl (C=O) groups excluding carboxylic acids is 2. The molecule has 0 radical (unpaired) electrons. The second kappa shape index (κ2) is 8.38. The Morgan fingerprint density at radius 1 is 1.03 bits per heavy atom. The standard InChI is InChI=1S/C26H19Cl2NO5/c1-13-7-16-8-15(5-6-21(16)34-13)24(31)22-23(14-3-2-4-20(30)9-14)29(26(33)25(22)32)19-11-17(27)10-18(28)12-19/h2-6,8-13,23,30-31H,7H2,1H3/b24-22-. The SMILES string of the molecule is CC1Cc2cc(/C(O)=C3/C(=O)C(=O)N(c4cc(Cl)cc(Cl)c4)C3c3cccc(O)c3)ccc2O1. The van der Waals surface area contributed by atoms with Crippen LogP contribution >= 0.6 is 23.2 Å². The van der Waals surface area contributed by atoms with E-state index in [0.717, 1.165) is 11.3 Å². The molecule has 5 rings (SSSR count). The molecule has 3 aromatic carbocycles. The van der Waals surface area contributed by atoms with Crippen molar-refractivity contribution in [2.75, 3.05) is 4.90 Å². The van der Waals surface area contributed by atoms with Crippen LogP contribution in [0.3, 0.4) is 0 Å². The number of Topliss-reactive ketones (excluding diaryl/α,β-unsaturated/α-hetero) is 1. The normalized spacial score (nSPS) is 21.0. The molecule has 0 spiro atoms. The summed E-state index contributed by atoms with van der Waals surface area (Å²) in [5, 5.41) is 22.0. The van der Waals surface area contributed by atoms with E-state index >= 15 is 0 Å². The Bertz CT molecular complexity index is 1360. The van der Waals surface area contributed by atoms with Crippen LogP contribution in [0.15, 0.2) is 66.2 Å². The fourth-order valence-corrected chi connectivity index (χ4v) is 5.03. The van der Waals surface area contributed by atoms with Gasteiger partial charge in [0.15, 0.2) is 0 Å². The van der Waals surface area contributed by atoms with Gasteiger partial charge in [-0.2, -0.15) is 0 Å². The number of halogens is 2. The Balaban J connectivity index is 1.71. The number of fused-ring (bicyclic) bond motifs is 1. The number of ketones is 1. The van der Waals surface area contributed by atoms with Crippen molar-refractivity contribution in [2.24, 2.45) is 0 Å². The maximum Gasteiger partial charge on any atom is 0.300 e. The van der Waals surface area contributed by atoms with E-state index in [9.17, 15) is 19.8 Å². The molecule has 34 heavy (non-hydrogen) atoms. The number of aromatic hydroxyl groups is 1. The van der Waals surface area contributed by atoms with Gasteiger partial charge < -0.3 is 14.9 Å². The molecule has 0 saturated carbocycles. The molecule has 2 aliphatic heterocycles. The first-order valence-corrected chi connectivity index (χ1v) is 11.3. The summed E-state index contributed by atoms with van der Waals surface area (Å²) in [5.74, 6) is -1.33. The van der Waals surface area contributed by atoms with E-state index in [-0.39, 0.29) is 33.2 Å². The lowest BCUT2D eigenvalue weighted by molar-refractivity contribution is -0.132. The van der Waals surface area contributed by atoms with Crippen molar-refractivity contribution in [1.82, 2.24) is 0 Å². The van der Waals surface area contributed by atoms with Crippen molar-refractivity contribution in [3.8, 4) is 11.5 Å². The highest BCUT2D eigenvalue weighted by Crippen LogP contribution is 2.44.